The molecule has 1 aromatic heterocycles. The van der Waals surface area contributed by atoms with E-state index < -0.39 is 12.0 Å². The van der Waals surface area contributed by atoms with Crippen molar-refractivity contribution in [3.63, 3.8) is 0 Å². The summed E-state index contributed by atoms with van der Waals surface area (Å²) in [6, 6.07) is 10.0. The van der Waals surface area contributed by atoms with Crippen molar-refractivity contribution in [1.82, 2.24) is 4.57 Å². The Morgan fingerprint density at radius 2 is 1.66 bits per heavy atom. The lowest BCUT2D eigenvalue weighted by Crippen LogP contribution is -2.40. The lowest BCUT2D eigenvalue weighted by atomic mass is 9.95. The molecule has 4 rings (SSSR count). The van der Waals surface area contributed by atoms with E-state index in [9.17, 15) is 9.59 Å². The van der Waals surface area contributed by atoms with Gasteiger partial charge in [0.25, 0.3) is 5.56 Å². The molecule has 0 fully saturated rings. The van der Waals surface area contributed by atoms with Gasteiger partial charge in [-0.25, -0.2) is 9.79 Å². The Bertz CT molecular complexity index is 1570. The molecule has 38 heavy (non-hydrogen) atoms. The van der Waals surface area contributed by atoms with Gasteiger partial charge in [-0.15, -0.1) is 0 Å². The Kier molecular flexibility index (Phi) is 8.21. The number of esters is 1. The first-order valence-electron chi connectivity index (χ1n) is 12.1. The molecule has 0 saturated heterocycles. The number of benzene rings is 2. The van der Waals surface area contributed by atoms with E-state index in [-0.39, 0.29) is 12.2 Å². The minimum absolute atomic E-state index is 0.193. The maximum absolute atomic E-state index is 13.8. The van der Waals surface area contributed by atoms with Crippen LogP contribution in [0.1, 0.15) is 37.9 Å². The number of thiazole rings is 1. The van der Waals surface area contributed by atoms with Crippen LogP contribution in [0.2, 0.25) is 0 Å². The number of carbonyl (C=O) groups is 1. The minimum Gasteiger partial charge on any atom is -0.493 e. The number of nitrogens with zero attached hydrogens (tertiary/aromatic N) is 2. The number of hydrogen-bond acceptors (Lipinski definition) is 9. The molecule has 0 saturated carbocycles. The molecule has 9 nitrogen and oxygen atoms in total. The highest BCUT2D eigenvalue weighted by Gasteiger charge is 2.34. The molecule has 1 aliphatic rings. The first kappa shape index (κ1) is 27.0. The summed E-state index contributed by atoms with van der Waals surface area (Å²) < 4.78 is 29.3. The molecule has 0 bridgehead atoms. The number of methoxy groups -OCH3 is 3. The first-order valence-corrected chi connectivity index (χ1v) is 12.9. The minimum atomic E-state index is -0.761. The number of carbonyl (C=O) groups excluding carboxylic acids is 1. The molecule has 2 aromatic carbocycles. The average molecular weight is 539 g/mol. The van der Waals surface area contributed by atoms with E-state index in [1.165, 1.54) is 15.9 Å². The fourth-order valence-electron chi connectivity index (χ4n) is 4.33. The maximum Gasteiger partial charge on any atom is 0.338 e. The van der Waals surface area contributed by atoms with Crippen molar-refractivity contribution in [3.05, 3.63) is 78.5 Å². The summed E-state index contributed by atoms with van der Waals surface area (Å²) in [6.45, 7) is 5.98. The third-order valence-corrected chi connectivity index (χ3v) is 7.01. The van der Waals surface area contributed by atoms with Gasteiger partial charge < -0.3 is 23.7 Å². The monoisotopic (exact) mass is 538 g/mol. The summed E-state index contributed by atoms with van der Waals surface area (Å²) in [7, 11) is 4.68. The molecule has 3 aromatic rings. The van der Waals surface area contributed by atoms with Crippen LogP contribution >= 0.6 is 11.3 Å². The third-order valence-electron chi connectivity index (χ3n) is 6.03. The predicted octanol–water partition coefficient (Wildman–Crippen LogP) is 3.22. The van der Waals surface area contributed by atoms with Crippen LogP contribution in [-0.2, 0) is 9.53 Å². The highest BCUT2D eigenvalue weighted by molar-refractivity contribution is 7.07. The van der Waals surface area contributed by atoms with Gasteiger partial charge in [0.1, 0.15) is 0 Å². The summed E-state index contributed by atoms with van der Waals surface area (Å²) in [5.41, 5.74) is 1.93. The zero-order valence-corrected chi connectivity index (χ0v) is 23.0. The highest BCUT2D eigenvalue weighted by Crippen LogP contribution is 2.36. The van der Waals surface area contributed by atoms with Gasteiger partial charge in [-0.1, -0.05) is 23.5 Å². The topological polar surface area (TPSA) is 97.6 Å². The summed E-state index contributed by atoms with van der Waals surface area (Å²) in [4.78, 5) is 32.1. The van der Waals surface area contributed by atoms with Crippen molar-refractivity contribution >= 4 is 23.4 Å². The van der Waals surface area contributed by atoms with Crippen molar-refractivity contribution in [2.24, 2.45) is 4.99 Å². The number of aromatic nitrogens is 1. The number of fused-ring (bicyclic) bond motifs is 1. The summed E-state index contributed by atoms with van der Waals surface area (Å²) in [6.07, 6.45) is 1.77. The average Bonchev–Trinajstić information content (AvgIpc) is 3.21. The molecule has 0 aliphatic carbocycles. The standard InChI is InChI=1S/C28H30N2O7S/c1-7-36-22-15-18(10-12-20(22)34-5)25-24(27(32)37-8-2)16(3)29-28-30(25)26(31)23(38-28)14-17-9-11-19(33-4)21(13-17)35-6/h9-15,25H,7-8H2,1-6H3/b23-14+. The van der Waals surface area contributed by atoms with E-state index in [4.69, 9.17) is 23.7 Å². The number of allylic oxidation sites excluding steroid dienone is 1. The third kappa shape index (κ3) is 5.04. The summed E-state index contributed by atoms with van der Waals surface area (Å²) in [5.74, 6) is 1.67. The molecule has 10 heteroatoms. The molecule has 1 atom stereocenters. The van der Waals surface area contributed by atoms with Crippen molar-refractivity contribution in [2.45, 2.75) is 26.8 Å². The van der Waals surface area contributed by atoms with Crippen molar-refractivity contribution in [1.29, 1.82) is 0 Å². The van der Waals surface area contributed by atoms with Crippen LogP contribution in [0.15, 0.2) is 57.5 Å². The van der Waals surface area contributed by atoms with Gasteiger partial charge in [0.15, 0.2) is 27.8 Å². The Morgan fingerprint density at radius 3 is 2.32 bits per heavy atom. The quantitative estimate of drug-likeness (QED) is 0.386. The Hall–Kier alpha value is -4.05. The van der Waals surface area contributed by atoms with Crippen LogP contribution in [0.4, 0.5) is 0 Å². The first-order chi connectivity index (χ1) is 18.4. The highest BCUT2D eigenvalue weighted by atomic mass is 32.1. The molecule has 200 valence electrons. The fourth-order valence-corrected chi connectivity index (χ4v) is 5.38. The number of hydrogen-bond donors (Lipinski definition) is 0. The van der Waals surface area contributed by atoms with Crippen LogP contribution < -0.4 is 33.8 Å². The smallest absolute Gasteiger partial charge is 0.338 e. The Labute approximate surface area is 224 Å². The maximum atomic E-state index is 13.8. The molecule has 1 aliphatic heterocycles. The van der Waals surface area contributed by atoms with Crippen LogP contribution in [0.5, 0.6) is 23.0 Å². The largest absolute Gasteiger partial charge is 0.493 e. The van der Waals surface area contributed by atoms with Gasteiger partial charge in [0.2, 0.25) is 0 Å². The number of ether oxygens (including phenoxy) is 5. The molecule has 0 radical (unpaired) electrons. The fraction of sp³-hybridized carbons (Fsp3) is 0.321. The van der Waals surface area contributed by atoms with E-state index in [0.717, 1.165) is 5.56 Å². The summed E-state index contributed by atoms with van der Waals surface area (Å²) in [5, 5.41) is 0. The molecule has 1 unspecified atom stereocenters. The van der Waals surface area contributed by atoms with E-state index in [1.807, 2.05) is 19.1 Å². The van der Waals surface area contributed by atoms with Crippen LogP contribution in [-0.4, -0.2) is 45.1 Å². The molecule has 2 heterocycles. The van der Waals surface area contributed by atoms with Crippen molar-refractivity contribution in [3.8, 4) is 23.0 Å². The van der Waals surface area contributed by atoms with Crippen molar-refractivity contribution in [2.75, 3.05) is 34.5 Å². The lowest BCUT2D eigenvalue weighted by Gasteiger charge is -2.25. The second-order valence-electron chi connectivity index (χ2n) is 8.26. The SMILES string of the molecule is CCOC(=O)C1=C(C)N=c2s/c(=C/c3ccc(OC)c(OC)c3)c(=O)n2C1c1ccc(OC)c(OCC)c1. The predicted molar refractivity (Wildman–Crippen MR) is 144 cm³/mol. The van der Waals surface area contributed by atoms with Gasteiger partial charge in [-0.3, -0.25) is 9.36 Å². The van der Waals surface area contributed by atoms with Crippen LogP contribution in [0.25, 0.3) is 6.08 Å². The number of rotatable bonds is 9. The Balaban J connectivity index is 1.94. The second-order valence-corrected chi connectivity index (χ2v) is 9.27. The van der Waals surface area contributed by atoms with Gasteiger partial charge in [-0.2, -0.15) is 0 Å². The van der Waals surface area contributed by atoms with Gasteiger partial charge in [-0.05, 0) is 62.2 Å². The lowest BCUT2D eigenvalue weighted by molar-refractivity contribution is -0.139. The van der Waals surface area contributed by atoms with E-state index in [1.54, 1.807) is 65.5 Å². The van der Waals surface area contributed by atoms with E-state index in [0.29, 0.717) is 55.8 Å². The van der Waals surface area contributed by atoms with Gasteiger partial charge in [0.05, 0.1) is 56.4 Å². The van der Waals surface area contributed by atoms with E-state index in [2.05, 4.69) is 4.99 Å². The molecule has 0 N–H and O–H groups in total. The molecular weight excluding hydrogens is 508 g/mol. The molecular formula is C28H30N2O7S. The second kappa shape index (κ2) is 11.6. The Morgan fingerprint density at radius 1 is 0.974 bits per heavy atom. The van der Waals surface area contributed by atoms with Crippen LogP contribution in [0.3, 0.4) is 0 Å². The van der Waals surface area contributed by atoms with E-state index >= 15 is 0 Å². The van der Waals surface area contributed by atoms with Gasteiger partial charge in [0, 0.05) is 0 Å². The zero-order valence-electron chi connectivity index (χ0n) is 22.2. The van der Waals surface area contributed by atoms with Crippen molar-refractivity contribution < 1.29 is 28.5 Å². The summed E-state index contributed by atoms with van der Waals surface area (Å²) >= 11 is 1.25. The van der Waals surface area contributed by atoms with Gasteiger partial charge >= 0.3 is 5.97 Å². The molecule has 0 amide bonds. The van der Waals surface area contributed by atoms with Crippen LogP contribution in [0, 0.1) is 0 Å². The molecule has 0 spiro atoms. The normalized spacial score (nSPS) is 15.0. The zero-order chi connectivity index (χ0) is 27.4.